The van der Waals surface area contributed by atoms with Crippen molar-refractivity contribution < 1.29 is 4.74 Å². The van der Waals surface area contributed by atoms with Gasteiger partial charge in [0.2, 0.25) is 0 Å². The van der Waals surface area contributed by atoms with Crippen molar-refractivity contribution in [1.29, 1.82) is 0 Å². The summed E-state index contributed by atoms with van der Waals surface area (Å²) in [5, 5.41) is 3.47. The first-order valence-electron chi connectivity index (χ1n) is 7.73. The first-order chi connectivity index (χ1) is 10.2. The number of likely N-dealkylation sites (tertiary alicyclic amines) is 1. The SMILES string of the molecule is CN=C(NCCc1ccc(C)cc1)N1CCC(COC)C1.I. The third kappa shape index (κ3) is 5.76. The predicted octanol–water partition coefficient (Wildman–Crippen LogP) is 2.70. The van der Waals surface area contributed by atoms with Gasteiger partial charge in [-0.05, 0) is 25.3 Å². The van der Waals surface area contributed by atoms with Crippen molar-refractivity contribution in [3.8, 4) is 0 Å². The molecule has 1 aromatic carbocycles. The Morgan fingerprint density at radius 2 is 2.09 bits per heavy atom. The summed E-state index contributed by atoms with van der Waals surface area (Å²) in [5.41, 5.74) is 2.67. The molecular formula is C17H28IN3O. The molecule has 124 valence electrons. The Morgan fingerprint density at radius 3 is 2.73 bits per heavy atom. The minimum absolute atomic E-state index is 0. The summed E-state index contributed by atoms with van der Waals surface area (Å²) in [6.45, 7) is 5.99. The fraction of sp³-hybridized carbons (Fsp3) is 0.588. The number of methoxy groups -OCH3 is 1. The van der Waals surface area contributed by atoms with Crippen molar-refractivity contribution in [1.82, 2.24) is 10.2 Å². The largest absolute Gasteiger partial charge is 0.384 e. The molecule has 0 spiro atoms. The maximum Gasteiger partial charge on any atom is 0.193 e. The number of guanidine groups is 1. The average molecular weight is 417 g/mol. The highest BCUT2D eigenvalue weighted by Crippen LogP contribution is 2.16. The number of nitrogens with one attached hydrogen (secondary N) is 1. The van der Waals surface area contributed by atoms with Crippen LogP contribution in [0.15, 0.2) is 29.3 Å². The summed E-state index contributed by atoms with van der Waals surface area (Å²) in [4.78, 5) is 6.73. The summed E-state index contributed by atoms with van der Waals surface area (Å²) in [6, 6.07) is 8.73. The third-order valence-corrected chi connectivity index (χ3v) is 4.02. The maximum absolute atomic E-state index is 5.25. The van der Waals surface area contributed by atoms with E-state index in [1.807, 2.05) is 7.05 Å². The van der Waals surface area contributed by atoms with E-state index in [2.05, 4.69) is 46.4 Å². The molecule has 1 aliphatic rings. The van der Waals surface area contributed by atoms with Crippen LogP contribution in [0.25, 0.3) is 0 Å². The van der Waals surface area contributed by atoms with E-state index < -0.39 is 0 Å². The van der Waals surface area contributed by atoms with Gasteiger partial charge in [0.15, 0.2) is 5.96 Å². The molecule has 1 N–H and O–H groups in total. The molecule has 1 aromatic rings. The van der Waals surface area contributed by atoms with Crippen LogP contribution in [0.5, 0.6) is 0 Å². The molecular weight excluding hydrogens is 389 g/mol. The highest BCUT2D eigenvalue weighted by Gasteiger charge is 2.24. The number of hydrogen-bond acceptors (Lipinski definition) is 2. The number of halogens is 1. The first-order valence-corrected chi connectivity index (χ1v) is 7.73. The lowest BCUT2D eigenvalue weighted by Crippen LogP contribution is -2.41. The van der Waals surface area contributed by atoms with Gasteiger partial charge in [0.1, 0.15) is 0 Å². The van der Waals surface area contributed by atoms with Crippen molar-refractivity contribution in [2.45, 2.75) is 19.8 Å². The van der Waals surface area contributed by atoms with E-state index in [-0.39, 0.29) is 24.0 Å². The quantitative estimate of drug-likeness (QED) is 0.455. The molecule has 1 saturated heterocycles. The van der Waals surface area contributed by atoms with Crippen LogP contribution in [-0.2, 0) is 11.2 Å². The second kappa shape index (κ2) is 10.0. The number of benzene rings is 1. The molecule has 0 amide bonds. The van der Waals surface area contributed by atoms with Crippen molar-refractivity contribution >= 4 is 29.9 Å². The Balaban J connectivity index is 0.00000242. The number of aryl methyl sites for hydroxylation is 1. The molecule has 4 nitrogen and oxygen atoms in total. The van der Waals surface area contributed by atoms with Crippen molar-refractivity contribution in [2.75, 3.05) is 40.4 Å². The normalized spacial score (nSPS) is 18.2. The van der Waals surface area contributed by atoms with Crippen LogP contribution in [0.3, 0.4) is 0 Å². The second-order valence-corrected chi connectivity index (χ2v) is 5.77. The molecule has 22 heavy (non-hydrogen) atoms. The standard InChI is InChI=1S/C17H27N3O.HI/c1-14-4-6-15(7-5-14)8-10-19-17(18-2)20-11-9-16(12-20)13-21-3;/h4-7,16H,8-13H2,1-3H3,(H,18,19);1H. The Morgan fingerprint density at radius 1 is 1.36 bits per heavy atom. The average Bonchev–Trinajstić information content (AvgIpc) is 2.94. The predicted molar refractivity (Wildman–Crippen MR) is 103 cm³/mol. The van der Waals surface area contributed by atoms with Gasteiger partial charge >= 0.3 is 0 Å². The van der Waals surface area contributed by atoms with Gasteiger partial charge in [0, 0.05) is 39.7 Å². The minimum Gasteiger partial charge on any atom is -0.384 e. The van der Waals surface area contributed by atoms with E-state index >= 15 is 0 Å². The lowest BCUT2D eigenvalue weighted by Gasteiger charge is -2.21. The molecule has 0 aliphatic carbocycles. The minimum atomic E-state index is 0. The van der Waals surface area contributed by atoms with E-state index in [0.29, 0.717) is 5.92 Å². The van der Waals surface area contributed by atoms with E-state index in [9.17, 15) is 0 Å². The van der Waals surface area contributed by atoms with Crippen molar-refractivity contribution in [2.24, 2.45) is 10.9 Å². The van der Waals surface area contributed by atoms with Gasteiger partial charge < -0.3 is 15.0 Å². The van der Waals surface area contributed by atoms with E-state index in [1.165, 1.54) is 17.5 Å². The van der Waals surface area contributed by atoms with Crippen LogP contribution >= 0.6 is 24.0 Å². The highest BCUT2D eigenvalue weighted by molar-refractivity contribution is 14.0. The number of nitrogens with zero attached hydrogens (tertiary/aromatic N) is 2. The van der Waals surface area contributed by atoms with E-state index in [1.54, 1.807) is 7.11 Å². The van der Waals surface area contributed by atoms with Crippen LogP contribution in [0.1, 0.15) is 17.5 Å². The number of ether oxygens (including phenoxy) is 1. The molecule has 0 bridgehead atoms. The Kier molecular flexibility index (Phi) is 8.78. The van der Waals surface area contributed by atoms with Gasteiger partial charge in [-0.25, -0.2) is 0 Å². The number of rotatable bonds is 5. The topological polar surface area (TPSA) is 36.9 Å². The third-order valence-electron chi connectivity index (χ3n) is 4.02. The monoisotopic (exact) mass is 417 g/mol. The van der Waals surface area contributed by atoms with Gasteiger partial charge in [-0.3, -0.25) is 4.99 Å². The van der Waals surface area contributed by atoms with Gasteiger partial charge in [0.05, 0.1) is 6.61 Å². The molecule has 1 fully saturated rings. The van der Waals surface area contributed by atoms with Crippen LogP contribution in [-0.4, -0.2) is 51.3 Å². The highest BCUT2D eigenvalue weighted by atomic mass is 127. The van der Waals surface area contributed by atoms with Crippen molar-refractivity contribution in [3.05, 3.63) is 35.4 Å². The molecule has 0 saturated carbocycles. The summed E-state index contributed by atoms with van der Waals surface area (Å²) in [6.07, 6.45) is 2.21. The number of hydrogen-bond donors (Lipinski definition) is 1. The van der Waals surface area contributed by atoms with Crippen LogP contribution in [0.2, 0.25) is 0 Å². The fourth-order valence-electron chi connectivity index (χ4n) is 2.80. The van der Waals surface area contributed by atoms with Crippen LogP contribution < -0.4 is 5.32 Å². The summed E-state index contributed by atoms with van der Waals surface area (Å²) in [7, 11) is 3.63. The van der Waals surface area contributed by atoms with Gasteiger partial charge in [-0.2, -0.15) is 0 Å². The zero-order valence-corrected chi connectivity index (χ0v) is 16.2. The zero-order valence-electron chi connectivity index (χ0n) is 13.8. The molecule has 0 aromatic heterocycles. The molecule has 1 atom stereocenters. The Labute approximate surface area is 151 Å². The fourth-order valence-corrected chi connectivity index (χ4v) is 2.80. The maximum atomic E-state index is 5.25. The van der Waals surface area contributed by atoms with Crippen LogP contribution in [0.4, 0.5) is 0 Å². The lowest BCUT2D eigenvalue weighted by atomic mass is 10.1. The second-order valence-electron chi connectivity index (χ2n) is 5.77. The molecule has 0 radical (unpaired) electrons. The lowest BCUT2D eigenvalue weighted by molar-refractivity contribution is 0.157. The Bertz CT molecular complexity index is 461. The summed E-state index contributed by atoms with van der Waals surface area (Å²) >= 11 is 0. The van der Waals surface area contributed by atoms with Gasteiger partial charge in [-0.15, -0.1) is 24.0 Å². The van der Waals surface area contributed by atoms with Crippen LogP contribution in [0, 0.1) is 12.8 Å². The number of aliphatic imine (C=N–C) groups is 1. The van der Waals surface area contributed by atoms with Gasteiger partial charge in [0.25, 0.3) is 0 Å². The van der Waals surface area contributed by atoms with E-state index in [4.69, 9.17) is 4.74 Å². The smallest absolute Gasteiger partial charge is 0.193 e. The Hall–Kier alpha value is -0.820. The van der Waals surface area contributed by atoms with Crippen molar-refractivity contribution in [3.63, 3.8) is 0 Å². The zero-order chi connectivity index (χ0) is 15.1. The molecule has 5 heteroatoms. The van der Waals surface area contributed by atoms with E-state index in [0.717, 1.165) is 38.6 Å². The summed E-state index contributed by atoms with van der Waals surface area (Å²) in [5.74, 6) is 1.64. The first kappa shape index (κ1) is 19.2. The molecule has 1 aliphatic heterocycles. The molecule has 1 unspecified atom stereocenters. The molecule has 1 heterocycles. The molecule has 2 rings (SSSR count). The van der Waals surface area contributed by atoms with Gasteiger partial charge in [-0.1, -0.05) is 29.8 Å². The summed E-state index contributed by atoms with van der Waals surface area (Å²) < 4.78 is 5.25.